The van der Waals surface area contributed by atoms with E-state index >= 15 is 0 Å². The van der Waals surface area contributed by atoms with Gasteiger partial charge in [0.05, 0.1) is 0 Å². The summed E-state index contributed by atoms with van der Waals surface area (Å²) < 4.78 is 12.8. The highest BCUT2D eigenvalue weighted by Gasteiger charge is 2.02. The van der Waals surface area contributed by atoms with E-state index in [4.69, 9.17) is 0 Å². The highest BCUT2D eigenvalue weighted by atomic mass is 19.1. The van der Waals surface area contributed by atoms with Gasteiger partial charge in [-0.25, -0.2) is 4.39 Å². The molecule has 0 saturated heterocycles. The lowest BCUT2D eigenvalue weighted by Gasteiger charge is -2.06. The molecule has 0 aliphatic heterocycles. The van der Waals surface area contributed by atoms with E-state index < -0.39 is 0 Å². The monoisotopic (exact) mass is 242 g/mol. The highest BCUT2D eigenvalue weighted by Crippen LogP contribution is 2.24. The van der Waals surface area contributed by atoms with Crippen molar-refractivity contribution in [2.75, 3.05) is 0 Å². The van der Waals surface area contributed by atoms with Crippen molar-refractivity contribution in [1.82, 2.24) is 0 Å². The van der Waals surface area contributed by atoms with Crippen LogP contribution in [0, 0.1) is 19.7 Å². The Hall–Kier alpha value is -2.09. The molecule has 0 spiro atoms. The molecule has 0 atom stereocenters. The maximum atomic E-state index is 12.8. The minimum atomic E-state index is -0.233. The SMILES string of the molecule is Cc1c(O)ccc(C=Cc2ccc(F)cc2)c1C. The number of benzene rings is 2. The Morgan fingerprint density at radius 3 is 2.22 bits per heavy atom. The first kappa shape index (κ1) is 12.4. The maximum Gasteiger partial charge on any atom is 0.123 e. The van der Waals surface area contributed by atoms with Crippen molar-refractivity contribution >= 4 is 12.2 Å². The molecule has 1 nitrogen and oxygen atoms in total. The third kappa shape index (κ3) is 2.59. The summed E-state index contributed by atoms with van der Waals surface area (Å²) in [5, 5.41) is 9.57. The molecule has 0 amide bonds. The third-order valence-electron chi connectivity index (χ3n) is 3.13. The zero-order chi connectivity index (χ0) is 13.1. The smallest absolute Gasteiger partial charge is 0.123 e. The van der Waals surface area contributed by atoms with Crippen molar-refractivity contribution in [3.8, 4) is 5.75 Å². The standard InChI is InChI=1S/C16H15FO/c1-11-12(2)16(18)10-7-14(11)6-3-13-4-8-15(17)9-5-13/h3-10,18H,1-2H3. The van der Waals surface area contributed by atoms with Crippen molar-refractivity contribution in [2.45, 2.75) is 13.8 Å². The van der Waals surface area contributed by atoms with Crippen molar-refractivity contribution in [3.05, 3.63) is 64.5 Å². The second kappa shape index (κ2) is 5.05. The van der Waals surface area contributed by atoms with Gasteiger partial charge in [0.25, 0.3) is 0 Å². The molecule has 2 aromatic carbocycles. The van der Waals surface area contributed by atoms with E-state index in [1.807, 2.05) is 32.1 Å². The molecule has 0 aromatic heterocycles. The van der Waals surface area contributed by atoms with Gasteiger partial charge in [0, 0.05) is 0 Å². The van der Waals surface area contributed by atoms with E-state index in [1.54, 1.807) is 18.2 Å². The molecule has 92 valence electrons. The number of phenolic OH excluding ortho intramolecular Hbond substituents is 1. The van der Waals surface area contributed by atoms with Gasteiger partial charge in [0.2, 0.25) is 0 Å². The predicted octanol–water partition coefficient (Wildman–Crippen LogP) is 4.32. The minimum Gasteiger partial charge on any atom is -0.508 e. The van der Waals surface area contributed by atoms with Crippen LogP contribution in [0.5, 0.6) is 5.75 Å². The number of aromatic hydroxyl groups is 1. The van der Waals surface area contributed by atoms with Crippen LogP contribution in [0.3, 0.4) is 0 Å². The van der Waals surface area contributed by atoms with Crippen LogP contribution in [0.15, 0.2) is 36.4 Å². The Balaban J connectivity index is 2.29. The third-order valence-corrected chi connectivity index (χ3v) is 3.13. The summed E-state index contributed by atoms with van der Waals surface area (Å²) in [4.78, 5) is 0. The molecule has 0 radical (unpaired) electrons. The van der Waals surface area contributed by atoms with Crippen molar-refractivity contribution in [3.63, 3.8) is 0 Å². The fraction of sp³-hybridized carbons (Fsp3) is 0.125. The molecule has 18 heavy (non-hydrogen) atoms. The van der Waals surface area contributed by atoms with Gasteiger partial charge >= 0.3 is 0 Å². The molecular formula is C16H15FO. The lowest BCUT2D eigenvalue weighted by atomic mass is 10.0. The van der Waals surface area contributed by atoms with Crippen LogP contribution in [0.1, 0.15) is 22.3 Å². The van der Waals surface area contributed by atoms with Gasteiger partial charge in [0.1, 0.15) is 11.6 Å². The summed E-state index contributed by atoms with van der Waals surface area (Å²) in [6, 6.07) is 9.90. The second-order valence-electron chi connectivity index (χ2n) is 4.31. The Kier molecular flexibility index (Phi) is 3.47. The van der Waals surface area contributed by atoms with E-state index in [0.717, 1.165) is 22.3 Å². The molecule has 1 N–H and O–H groups in total. The Bertz CT molecular complexity index is 583. The molecule has 2 aromatic rings. The summed E-state index contributed by atoms with van der Waals surface area (Å²) in [6.07, 6.45) is 3.90. The zero-order valence-electron chi connectivity index (χ0n) is 10.4. The van der Waals surface area contributed by atoms with Crippen molar-refractivity contribution in [2.24, 2.45) is 0 Å². The molecule has 0 heterocycles. The summed E-state index contributed by atoms with van der Waals surface area (Å²) in [6.45, 7) is 3.86. The summed E-state index contributed by atoms with van der Waals surface area (Å²) in [7, 11) is 0. The molecule has 0 unspecified atom stereocenters. The maximum absolute atomic E-state index is 12.8. The molecular weight excluding hydrogens is 227 g/mol. The van der Waals surface area contributed by atoms with E-state index in [1.165, 1.54) is 12.1 Å². The number of rotatable bonds is 2. The zero-order valence-corrected chi connectivity index (χ0v) is 10.4. The van der Waals surface area contributed by atoms with Crippen LogP contribution < -0.4 is 0 Å². The van der Waals surface area contributed by atoms with E-state index in [0.29, 0.717) is 5.75 Å². The van der Waals surface area contributed by atoms with Gasteiger partial charge in [-0.1, -0.05) is 30.4 Å². The van der Waals surface area contributed by atoms with E-state index in [2.05, 4.69) is 0 Å². The second-order valence-corrected chi connectivity index (χ2v) is 4.31. The molecule has 0 aliphatic rings. The molecule has 0 bridgehead atoms. The van der Waals surface area contributed by atoms with Crippen molar-refractivity contribution in [1.29, 1.82) is 0 Å². The summed E-state index contributed by atoms with van der Waals surface area (Å²) in [5.41, 5.74) is 3.93. The minimum absolute atomic E-state index is 0.233. The number of phenols is 1. The number of hydrogen-bond donors (Lipinski definition) is 1. The molecule has 0 aliphatic carbocycles. The Labute approximate surface area is 106 Å². The summed E-state index contributed by atoms with van der Waals surface area (Å²) >= 11 is 0. The Morgan fingerprint density at radius 2 is 1.56 bits per heavy atom. The van der Waals surface area contributed by atoms with Crippen LogP contribution in [0.4, 0.5) is 4.39 Å². The van der Waals surface area contributed by atoms with Gasteiger partial charge in [-0.3, -0.25) is 0 Å². The van der Waals surface area contributed by atoms with Crippen molar-refractivity contribution < 1.29 is 9.50 Å². The first-order valence-electron chi connectivity index (χ1n) is 5.81. The quantitative estimate of drug-likeness (QED) is 0.778. The molecule has 0 saturated carbocycles. The van der Waals surface area contributed by atoms with Gasteiger partial charge in [-0.2, -0.15) is 0 Å². The lowest BCUT2D eigenvalue weighted by molar-refractivity contribution is 0.470. The van der Waals surface area contributed by atoms with Gasteiger partial charge in [-0.05, 0) is 54.3 Å². The molecule has 2 rings (SSSR count). The van der Waals surface area contributed by atoms with Crippen LogP contribution in [-0.2, 0) is 0 Å². The average Bonchev–Trinajstić information content (AvgIpc) is 2.37. The lowest BCUT2D eigenvalue weighted by Crippen LogP contribution is -1.86. The predicted molar refractivity (Wildman–Crippen MR) is 72.9 cm³/mol. The fourth-order valence-corrected chi connectivity index (χ4v) is 1.77. The molecule has 2 heteroatoms. The van der Waals surface area contributed by atoms with E-state index in [9.17, 15) is 9.50 Å². The summed E-state index contributed by atoms with van der Waals surface area (Å²) in [5.74, 6) is 0.0789. The number of hydrogen-bond acceptors (Lipinski definition) is 1. The van der Waals surface area contributed by atoms with Crippen LogP contribution >= 0.6 is 0 Å². The first-order chi connectivity index (χ1) is 8.58. The van der Waals surface area contributed by atoms with Gasteiger partial charge in [-0.15, -0.1) is 0 Å². The van der Waals surface area contributed by atoms with Crippen LogP contribution in [0.2, 0.25) is 0 Å². The normalized spacial score (nSPS) is 11.1. The first-order valence-corrected chi connectivity index (χ1v) is 5.81. The number of halogens is 1. The van der Waals surface area contributed by atoms with E-state index in [-0.39, 0.29) is 5.82 Å². The largest absolute Gasteiger partial charge is 0.508 e. The molecule has 0 fully saturated rings. The Morgan fingerprint density at radius 1 is 0.889 bits per heavy atom. The van der Waals surface area contributed by atoms with Crippen LogP contribution in [0.25, 0.3) is 12.2 Å². The van der Waals surface area contributed by atoms with Gasteiger partial charge < -0.3 is 5.11 Å². The topological polar surface area (TPSA) is 20.2 Å². The average molecular weight is 242 g/mol. The fourth-order valence-electron chi connectivity index (χ4n) is 1.77. The van der Waals surface area contributed by atoms with Gasteiger partial charge in [0.15, 0.2) is 0 Å². The van der Waals surface area contributed by atoms with Crippen LogP contribution in [-0.4, -0.2) is 5.11 Å². The highest BCUT2D eigenvalue weighted by molar-refractivity contribution is 5.72.